The van der Waals surface area contributed by atoms with Crippen LogP contribution in [0.4, 0.5) is 0 Å². The highest BCUT2D eigenvalue weighted by Crippen LogP contribution is 2.05. The van der Waals surface area contributed by atoms with Crippen molar-refractivity contribution in [1.82, 2.24) is 0 Å². The van der Waals surface area contributed by atoms with Gasteiger partial charge >= 0.3 is 0 Å². The third-order valence-electron chi connectivity index (χ3n) is 2.52. The highest BCUT2D eigenvalue weighted by atomic mass is 16.3. The predicted molar refractivity (Wildman–Crippen MR) is 80.3 cm³/mol. The largest absolute Gasteiger partial charge is 0.377 e. The Balaban J connectivity index is 3.78. The molecule has 0 unspecified atom stereocenters. The summed E-state index contributed by atoms with van der Waals surface area (Å²) in [6.45, 7) is 5.59. The van der Waals surface area contributed by atoms with Gasteiger partial charge in [0, 0.05) is 0 Å². The highest BCUT2D eigenvalue weighted by molar-refractivity contribution is 5.31. The molecule has 0 heterocycles. The van der Waals surface area contributed by atoms with Gasteiger partial charge in [0.15, 0.2) is 0 Å². The molecule has 0 aromatic carbocycles. The minimum Gasteiger partial charge on any atom is -0.377 e. The summed E-state index contributed by atoms with van der Waals surface area (Å²) < 4.78 is 0. The quantitative estimate of drug-likeness (QED) is 0.400. The Morgan fingerprint density at radius 1 is 1.00 bits per heavy atom. The molecule has 0 aromatic rings. The zero-order valence-electron chi connectivity index (χ0n) is 11.7. The second kappa shape index (κ2) is 13.0. The standard InChI is InChI=1S/C17H24O2/c1-3-5-6-7-8-9-10-14-17(19)15-12-11-13-16(18)4-2/h4,10,14,16-19H,2-3,5-9H2,1H3/t16-,17-/m1/s1. The third kappa shape index (κ3) is 12.8. The predicted octanol–water partition coefficient (Wildman–Crippen LogP) is 2.82. The number of hydrogen-bond donors (Lipinski definition) is 2. The normalized spacial score (nSPS) is 13.0. The number of unbranched alkanes of at least 4 members (excludes halogenated alkanes) is 5. The maximum Gasteiger partial charge on any atom is 0.134 e. The lowest BCUT2D eigenvalue weighted by Crippen LogP contribution is -1.97. The Morgan fingerprint density at radius 2 is 1.63 bits per heavy atom. The first-order valence-electron chi connectivity index (χ1n) is 6.87. The van der Waals surface area contributed by atoms with E-state index in [1.54, 1.807) is 6.08 Å². The van der Waals surface area contributed by atoms with E-state index in [0.29, 0.717) is 0 Å². The van der Waals surface area contributed by atoms with E-state index in [1.807, 2.05) is 6.08 Å². The second-order valence-corrected chi connectivity index (χ2v) is 4.30. The zero-order chi connectivity index (χ0) is 14.3. The molecule has 2 atom stereocenters. The Hall–Kier alpha value is -1.48. The number of rotatable bonds is 8. The minimum absolute atomic E-state index is 0.786. The Labute approximate surface area is 117 Å². The van der Waals surface area contributed by atoms with E-state index in [-0.39, 0.29) is 0 Å². The first-order valence-corrected chi connectivity index (χ1v) is 6.87. The van der Waals surface area contributed by atoms with E-state index in [2.05, 4.69) is 37.2 Å². The van der Waals surface area contributed by atoms with Crippen LogP contribution in [0.3, 0.4) is 0 Å². The van der Waals surface area contributed by atoms with Gasteiger partial charge in [0.25, 0.3) is 0 Å². The molecule has 0 aliphatic carbocycles. The number of hydrogen-bond acceptors (Lipinski definition) is 2. The van der Waals surface area contributed by atoms with Crippen LogP contribution in [0, 0.1) is 23.7 Å². The van der Waals surface area contributed by atoms with Crippen LogP contribution in [0.5, 0.6) is 0 Å². The van der Waals surface area contributed by atoms with Gasteiger partial charge in [0.2, 0.25) is 0 Å². The van der Waals surface area contributed by atoms with Crippen LogP contribution in [-0.4, -0.2) is 22.4 Å². The lowest BCUT2D eigenvalue weighted by atomic mass is 10.1. The molecule has 0 aliphatic heterocycles. The fourth-order valence-corrected chi connectivity index (χ4v) is 1.42. The summed E-state index contributed by atoms with van der Waals surface area (Å²) in [5.41, 5.74) is 0. The van der Waals surface area contributed by atoms with Crippen LogP contribution in [0.15, 0.2) is 24.8 Å². The van der Waals surface area contributed by atoms with Gasteiger partial charge in [-0.05, 0) is 30.8 Å². The number of allylic oxidation sites excluding steroid dienone is 1. The van der Waals surface area contributed by atoms with Crippen molar-refractivity contribution < 1.29 is 10.2 Å². The van der Waals surface area contributed by atoms with Crippen molar-refractivity contribution in [2.45, 2.75) is 57.7 Å². The lowest BCUT2D eigenvalue weighted by molar-refractivity contribution is 0.280. The van der Waals surface area contributed by atoms with Gasteiger partial charge in [-0.2, -0.15) is 0 Å². The van der Waals surface area contributed by atoms with Crippen LogP contribution in [-0.2, 0) is 0 Å². The molecule has 0 fully saturated rings. The van der Waals surface area contributed by atoms with Crippen molar-refractivity contribution in [1.29, 1.82) is 0 Å². The van der Waals surface area contributed by atoms with Crippen molar-refractivity contribution in [3.63, 3.8) is 0 Å². The van der Waals surface area contributed by atoms with E-state index in [1.165, 1.54) is 31.8 Å². The summed E-state index contributed by atoms with van der Waals surface area (Å²) in [7, 11) is 0. The Kier molecular flexibility index (Phi) is 12.0. The Morgan fingerprint density at radius 3 is 2.26 bits per heavy atom. The van der Waals surface area contributed by atoms with Gasteiger partial charge in [-0.1, -0.05) is 63.2 Å². The molecule has 2 heteroatoms. The molecule has 0 aromatic heterocycles. The summed E-state index contributed by atoms with van der Waals surface area (Å²) in [5.74, 6) is 10.00. The SMILES string of the molecule is C=C[C@@H](O)C#CC#C[C@H](O)C=CCCCCCCC. The molecule has 0 saturated heterocycles. The smallest absolute Gasteiger partial charge is 0.134 e. The van der Waals surface area contributed by atoms with E-state index in [9.17, 15) is 5.11 Å². The summed E-state index contributed by atoms with van der Waals surface area (Å²) >= 11 is 0. The molecule has 19 heavy (non-hydrogen) atoms. The minimum atomic E-state index is -0.856. The molecule has 0 saturated carbocycles. The van der Waals surface area contributed by atoms with E-state index < -0.39 is 12.2 Å². The van der Waals surface area contributed by atoms with Crippen molar-refractivity contribution in [3.05, 3.63) is 24.8 Å². The molecule has 0 radical (unpaired) electrons. The maximum absolute atomic E-state index is 9.50. The molecule has 2 N–H and O–H groups in total. The van der Waals surface area contributed by atoms with Crippen molar-refractivity contribution in [3.8, 4) is 23.7 Å². The van der Waals surface area contributed by atoms with Crippen molar-refractivity contribution in [2.24, 2.45) is 0 Å². The lowest BCUT2D eigenvalue weighted by Gasteiger charge is -1.97. The van der Waals surface area contributed by atoms with Gasteiger partial charge in [0.1, 0.15) is 12.2 Å². The van der Waals surface area contributed by atoms with E-state index in [4.69, 9.17) is 5.11 Å². The molecule has 0 bridgehead atoms. The molecule has 0 aliphatic rings. The monoisotopic (exact) mass is 260 g/mol. The first-order chi connectivity index (χ1) is 9.20. The average Bonchev–Trinajstić information content (AvgIpc) is 2.42. The van der Waals surface area contributed by atoms with Gasteiger partial charge in [-0.3, -0.25) is 0 Å². The van der Waals surface area contributed by atoms with Crippen molar-refractivity contribution >= 4 is 0 Å². The van der Waals surface area contributed by atoms with Crippen LogP contribution in [0.1, 0.15) is 45.4 Å². The highest BCUT2D eigenvalue weighted by Gasteiger charge is 1.91. The number of aliphatic hydroxyl groups is 2. The van der Waals surface area contributed by atoms with Crippen LogP contribution >= 0.6 is 0 Å². The van der Waals surface area contributed by atoms with Gasteiger partial charge in [-0.25, -0.2) is 0 Å². The summed E-state index contributed by atoms with van der Waals surface area (Å²) in [5, 5.41) is 18.6. The first kappa shape index (κ1) is 17.5. The summed E-state index contributed by atoms with van der Waals surface area (Å²) in [6, 6.07) is 0. The Bertz CT molecular complexity index is 374. The van der Waals surface area contributed by atoms with Gasteiger partial charge in [-0.15, -0.1) is 0 Å². The van der Waals surface area contributed by atoms with Crippen LogP contribution in [0.2, 0.25) is 0 Å². The molecule has 104 valence electrons. The van der Waals surface area contributed by atoms with Crippen LogP contribution < -0.4 is 0 Å². The van der Waals surface area contributed by atoms with Gasteiger partial charge in [0.05, 0.1) is 0 Å². The second-order valence-electron chi connectivity index (χ2n) is 4.30. The van der Waals surface area contributed by atoms with Gasteiger partial charge < -0.3 is 10.2 Å². The summed E-state index contributed by atoms with van der Waals surface area (Å²) in [6.07, 6.45) is 10.5. The molecular weight excluding hydrogens is 236 g/mol. The topological polar surface area (TPSA) is 40.5 Å². The maximum atomic E-state index is 9.50. The molecule has 2 nitrogen and oxygen atoms in total. The molecule has 0 rings (SSSR count). The fourth-order valence-electron chi connectivity index (χ4n) is 1.42. The third-order valence-corrected chi connectivity index (χ3v) is 2.52. The van der Waals surface area contributed by atoms with Crippen LogP contribution in [0.25, 0.3) is 0 Å². The summed E-state index contributed by atoms with van der Waals surface area (Å²) in [4.78, 5) is 0. The zero-order valence-corrected chi connectivity index (χ0v) is 11.7. The van der Waals surface area contributed by atoms with E-state index in [0.717, 1.165) is 12.8 Å². The number of aliphatic hydroxyl groups excluding tert-OH is 2. The fraction of sp³-hybridized carbons (Fsp3) is 0.529. The van der Waals surface area contributed by atoms with E-state index >= 15 is 0 Å². The molecular formula is C17H24O2. The molecule has 0 amide bonds. The van der Waals surface area contributed by atoms with Crippen molar-refractivity contribution in [2.75, 3.05) is 0 Å². The average molecular weight is 260 g/mol. The molecule has 0 spiro atoms.